The number of aromatic nitrogens is 2. The van der Waals surface area contributed by atoms with Gasteiger partial charge >= 0.3 is 0 Å². The van der Waals surface area contributed by atoms with Crippen LogP contribution in [-0.4, -0.2) is 16.5 Å². The number of nitrogens with two attached hydrogens (primary N) is 1. The molecule has 0 unspecified atom stereocenters. The molecule has 0 fully saturated rings. The molecule has 0 amide bonds. The molecule has 0 bridgehead atoms. The standard InChI is InChI=1S/C13H15ClN4/c1-3-16-12-7-11(17-13(15)18-12)9-5-4-6-10(14)8(9)2/h4-7H,3H2,1-2H3,(H3,15,16,17,18). The number of nitrogen functional groups attached to an aromatic ring is 1. The predicted molar refractivity (Wildman–Crippen MR) is 75.8 cm³/mol. The highest BCUT2D eigenvalue weighted by atomic mass is 35.5. The first-order valence-corrected chi connectivity index (χ1v) is 6.13. The second kappa shape index (κ2) is 5.23. The van der Waals surface area contributed by atoms with Gasteiger partial charge in [-0.2, -0.15) is 4.98 Å². The highest BCUT2D eigenvalue weighted by Gasteiger charge is 2.08. The van der Waals surface area contributed by atoms with Crippen molar-refractivity contribution in [3.8, 4) is 11.3 Å². The number of nitrogens with one attached hydrogen (secondary N) is 1. The van der Waals surface area contributed by atoms with Crippen molar-refractivity contribution in [3.05, 3.63) is 34.9 Å². The Kier molecular flexibility index (Phi) is 3.67. The van der Waals surface area contributed by atoms with E-state index in [9.17, 15) is 0 Å². The smallest absolute Gasteiger partial charge is 0.222 e. The molecule has 0 aliphatic heterocycles. The van der Waals surface area contributed by atoms with Crippen molar-refractivity contribution < 1.29 is 0 Å². The quantitative estimate of drug-likeness (QED) is 0.892. The van der Waals surface area contributed by atoms with Gasteiger partial charge in [0.25, 0.3) is 0 Å². The van der Waals surface area contributed by atoms with E-state index in [0.717, 1.165) is 34.2 Å². The molecule has 0 saturated carbocycles. The van der Waals surface area contributed by atoms with Crippen LogP contribution in [0.25, 0.3) is 11.3 Å². The maximum atomic E-state index is 6.11. The molecule has 0 aliphatic carbocycles. The van der Waals surface area contributed by atoms with Crippen LogP contribution in [0.1, 0.15) is 12.5 Å². The SMILES string of the molecule is CCNc1cc(-c2cccc(Cl)c2C)nc(N)n1. The number of nitrogens with zero attached hydrogens (tertiary/aromatic N) is 2. The minimum atomic E-state index is 0.253. The third-order valence-corrected chi connectivity index (χ3v) is 3.05. The van der Waals surface area contributed by atoms with Crippen molar-refractivity contribution >= 4 is 23.4 Å². The van der Waals surface area contributed by atoms with E-state index in [1.165, 1.54) is 0 Å². The fraction of sp³-hybridized carbons (Fsp3) is 0.231. The van der Waals surface area contributed by atoms with Crippen LogP contribution in [0.15, 0.2) is 24.3 Å². The van der Waals surface area contributed by atoms with Crippen LogP contribution in [-0.2, 0) is 0 Å². The van der Waals surface area contributed by atoms with Gasteiger partial charge in [-0.3, -0.25) is 0 Å². The fourth-order valence-corrected chi connectivity index (χ4v) is 1.94. The molecule has 1 heterocycles. The molecule has 18 heavy (non-hydrogen) atoms. The first-order valence-electron chi connectivity index (χ1n) is 5.75. The highest BCUT2D eigenvalue weighted by molar-refractivity contribution is 6.31. The summed E-state index contributed by atoms with van der Waals surface area (Å²) < 4.78 is 0. The average molecular weight is 263 g/mol. The van der Waals surface area contributed by atoms with Crippen LogP contribution in [0.3, 0.4) is 0 Å². The molecular formula is C13H15ClN4. The highest BCUT2D eigenvalue weighted by Crippen LogP contribution is 2.28. The van der Waals surface area contributed by atoms with E-state index in [4.69, 9.17) is 17.3 Å². The zero-order chi connectivity index (χ0) is 13.1. The predicted octanol–water partition coefficient (Wildman–Crippen LogP) is 3.12. The lowest BCUT2D eigenvalue weighted by molar-refractivity contribution is 1.12. The first kappa shape index (κ1) is 12.6. The van der Waals surface area contributed by atoms with Crippen LogP contribution in [0.5, 0.6) is 0 Å². The Morgan fingerprint density at radius 2 is 2.11 bits per heavy atom. The van der Waals surface area contributed by atoms with Gasteiger partial charge in [0, 0.05) is 23.2 Å². The van der Waals surface area contributed by atoms with Crippen molar-refractivity contribution in [2.24, 2.45) is 0 Å². The first-order chi connectivity index (χ1) is 8.61. The molecule has 2 aromatic rings. The Morgan fingerprint density at radius 3 is 2.83 bits per heavy atom. The van der Waals surface area contributed by atoms with Crippen molar-refractivity contribution in [2.45, 2.75) is 13.8 Å². The molecule has 0 radical (unpaired) electrons. The lowest BCUT2D eigenvalue weighted by Gasteiger charge is -2.09. The fourth-order valence-electron chi connectivity index (χ4n) is 1.76. The maximum absolute atomic E-state index is 6.11. The third-order valence-electron chi connectivity index (χ3n) is 2.64. The normalized spacial score (nSPS) is 10.4. The number of hydrogen-bond donors (Lipinski definition) is 2. The molecule has 1 aromatic heterocycles. The van der Waals surface area contributed by atoms with Crippen LogP contribution >= 0.6 is 11.6 Å². The lowest BCUT2D eigenvalue weighted by atomic mass is 10.1. The summed E-state index contributed by atoms with van der Waals surface area (Å²) in [5, 5.41) is 3.85. The van der Waals surface area contributed by atoms with Gasteiger partial charge in [0.05, 0.1) is 5.69 Å². The summed E-state index contributed by atoms with van der Waals surface area (Å²) in [5.74, 6) is 0.974. The number of hydrogen-bond acceptors (Lipinski definition) is 4. The lowest BCUT2D eigenvalue weighted by Crippen LogP contribution is -2.04. The number of anilines is 2. The van der Waals surface area contributed by atoms with Gasteiger partial charge in [0.1, 0.15) is 5.82 Å². The summed E-state index contributed by atoms with van der Waals surface area (Å²) in [6, 6.07) is 7.60. The third kappa shape index (κ3) is 2.54. The van der Waals surface area contributed by atoms with E-state index in [0.29, 0.717) is 0 Å². The van der Waals surface area contributed by atoms with E-state index < -0.39 is 0 Å². The number of halogens is 1. The Labute approximate surface area is 111 Å². The summed E-state index contributed by atoms with van der Waals surface area (Å²) in [6.45, 7) is 4.75. The topological polar surface area (TPSA) is 63.8 Å². The van der Waals surface area contributed by atoms with Crippen LogP contribution in [0, 0.1) is 6.92 Å². The Balaban J connectivity index is 2.53. The van der Waals surface area contributed by atoms with Crippen LogP contribution in [0.2, 0.25) is 5.02 Å². The summed E-state index contributed by atoms with van der Waals surface area (Å²) in [7, 11) is 0. The van der Waals surface area contributed by atoms with E-state index in [-0.39, 0.29) is 5.95 Å². The molecule has 2 rings (SSSR count). The van der Waals surface area contributed by atoms with Gasteiger partial charge in [0.15, 0.2) is 0 Å². The minimum Gasteiger partial charge on any atom is -0.370 e. The van der Waals surface area contributed by atoms with E-state index in [1.54, 1.807) is 0 Å². The molecule has 1 aromatic carbocycles. The van der Waals surface area contributed by atoms with Gasteiger partial charge in [-0.15, -0.1) is 0 Å². The average Bonchev–Trinajstić information content (AvgIpc) is 2.32. The Hall–Kier alpha value is -1.81. The van der Waals surface area contributed by atoms with Gasteiger partial charge in [-0.25, -0.2) is 4.98 Å². The molecular weight excluding hydrogens is 248 g/mol. The van der Waals surface area contributed by atoms with Crippen molar-refractivity contribution in [1.29, 1.82) is 0 Å². The zero-order valence-electron chi connectivity index (χ0n) is 10.4. The summed E-state index contributed by atoms with van der Waals surface area (Å²) in [6.07, 6.45) is 0. The summed E-state index contributed by atoms with van der Waals surface area (Å²) >= 11 is 6.11. The van der Waals surface area contributed by atoms with Crippen molar-refractivity contribution in [1.82, 2.24) is 9.97 Å². The maximum Gasteiger partial charge on any atom is 0.222 e. The number of rotatable bonds is 3. The van der Waals surface area contributed by atoms with Gasteiger partial charge in [0.2, 0.25) is 5.95 Å². The summed E-state index contributed by atoms with van der Waals surface area (Å²) in [4.78, 5) is 8.38. The van der Waals surface area contributed by atoms with E-state index >= 15 is 0 Å². The molecule has 94 valence electrons. The monoisotopic (exact) mass is 262 g/mol. The van der Waals surface area contributed by atoms with Crippen molar-refractivity contribution in [3.63, 3.8) is 0 Å². The second-order valence-corrected chi connectivity index (χ2v) is 4.35. The van der Waals surface area contributed by atoms with Gasteiger partial charge in [-0.1, -0.05) is 23.7 Å². The van der Waals surface area contributed by atoms with Gasteiger partial charge < -0.3 is 11.1 Å². The van der Waals surface area contributed by atoms with Gasteiger partial charge in [-0.05, 0) is 25.5 Å². The molecule has 0 saturated heterocycles. The molecule has 5 heteroatoms. The zero-order valence-corrected chi connectivity index (χ0v) is 11.1. The number of benzene rings is 1. The van der Waals surface area contributed by atoms with Crippen LogP contribution < -0.4 is 11.1 Å². The molecule has 4 nitrogen and oxygen atoms in total. The van der Waals surface area contributed by atoms with Crippen LogP contribution in [0.4, 0.5) is 11.8 Å². The molecule has 0 atom stereocenters. The Bertz CT molecular complexity index is 569. The molecule has 0 aliphatic rings. The largest absolute Gasteiger partial charge is 0.370 e. The van der Waals surface area contributed by atoms with E-state index in [1.807, 2.05) is 38.1 Å². The Morgan fingerprint density at radius 1 is 1.33 bits per heavy atom. The van der Waals surface area contributed by atoms with E-state index in [2.05, 4.69) is 15.3 Å². The molecule has 3 N–H and O–H groups in total. The molecule has 0 spiro atoms. The van der Waals surface area contributed by atoms with Crippen molar-refractivity contribution in [2.75, 3.05) is 17.6 Å². The minimum absolute atomic E-state index is 0.253. The second-order valence-electron chi connectivity index (χ2n) is 3.94. The summed E-state index contributed by atoms with van der Waals surface area (Å²) in [5.41, 5.74) is 8.45.